The summed E-state index contributed by atoms with van der Waals surface area (Å²) in [5, 5.41) is -1.00. The molecule has 5 nitrogen and oxygen atoms in total. The van der Waals surface area contributed by atoms with Crippen molar-refractivity contribution in [1.82, 2.24) is 9.88 Å². The number of aromatic nitrogens is 1. The van der Waals surface area contributed by atoms with Crippen LogP contribution < -0.4 is 0 Å². The Bertz CT molecular complexity index is 902. The molecule has 2 heterocycles. The van der Waals surface area contributed by atoms with Gasteiger partial charge in [0.15, 0.2) is 9.84 Å². The van der Waals surface area contributed by atoms with Gasteiger partial charge in [0.05, 0.1) is 22.8 Å². The van der Waals surface area contributed by atoms with E-state index in [1.807, 2.05) is 0 Å². The molecule has 0 aliphatic carbocycles. The molecule has 1 amide bonds. The number of amides is 1. The molecule has 25 heavy (non-hydrogen) atoms. The number of hydrogen-bond acceptors (Lipinski definition) is 4. The summed E-state index contributed by atoms with van der Waals surface area (Å²) in [5.74, 6) is -1.99. The summed E-state index contributed by atoms with van der Waals surface area (Å²) in [6, 6.07) is 6.81. The quantitative estimate of drug-likeness (QED) is 0.818. The fraction of sp³-hybridized carbons (Fsp3) is 0.294. The van der Waals surface area contributed by atoms with E-state index in [4.69, 9.17) is 0 Å². The van der Waals surface area contributed by atoms with Gasteiger partial charge >= 0.3 is 0 Å². The molecule has 1 aromatic carbocycles. The van der Waals surface area contributed by atoms with Crippen molar-refractivity contribution in [3.05, 3.63) is 65.5 Å². The molecular weight excluding hydrogens is 350 g/mol. The van der Waals surface area contributed by atoms with E-state index in [9.17, 15) is 22.0 Å². The number of halogens is 2. The van der Waals surface area contributed by atoms with Crippen LogP contribution in [0.1, 0.15) is 27.6 Å². The van der Waals surface area contributed by atoms with Crippen molar-refractivity contribution in [2.75, 3.05) is 18.8 Å². The average molecular weight is 366 g/mol. The van der Waals surface area contributed by atoms with Crippen LogP contribution in [-0.4, -0.2) is 43.1 Å². The maximum absolute atomic E-state index is 14.0. The highest BCUT2D eigenvalue weighted by molar-refractivity contribution is 7.91. The first-order valence-corrected chi connectivity index (χ1v) is 9.46. The molecule has 1 aliphatic rings. The largest absolute Gasteiger partial charge is 0.338 e. The minimum Gasteiger partial charge on any atom is -0.338 e. The zero-order valence-electron chi connectivity index (χ0n) is 13.2. The van der Waals surface area contributed by atoms with Gasteiger partial charge in [-0.25, -0.2) is 17.2 Å². The summed E-state index contributed by atoms with van der Waals surface area (Å²) in [6.45, 7) is 0.107. The summed E-state index contributed by atoms with van der Waals surface area (Å²) in [5.41, 5.74) is 0.172. The van der Waals surface area contributed by atoms with Gasteiger partial charge in [-0.3, -0.25) is 9.78 Å². The van der Waals surface area contributed by atoms with Gasteiger partial charge in [-0.2, -0.15) is 0 Å². The van der Waals surface area contributed by atoms with Crippen molar-refractivity contribution in [1.29, 1.82) is 0 Å². The standard InChI is InChI=1S/C17H16F2N2O3S/c18-13-9-12(10-20-11-13)17(22)21-6-5-16(25(23,24)8-7-21)14-3-1-2-4-15(14)19/h1-4,9-11,16H,5-8H2. The van der Waals surface area contributed by atoms with Crippen LogP contribution >= 0.6 is 0 Å². The van der Waals surface area contributed by atoms with Crippen LogP contribution in [0.4, 0.5) is 8.78 Å². The van der Waals surface area contributed by atoms with E-state index in [-0.39, 0.29) is 36.4 Å². The van der Waals surface area contributed by atoms with Crippen molar-refractivity contribution in [2.45, 2.75) is 11.7 Å². The maximum atomic E-state index is 14.0. The minimum absolute atomic E-state index is 0.0252. The predicted molar refractivity (Wildman–Crippen MR) is 87.6 cm³/mol. The average Bonchev–Trinajstić information content (AvgIpc) is 2.73. The molecule has 132 valence electrons. The van der Waals surface area contributed by atoms with Crippen molar-refractivity contribution >= 4 is 15.7 Å². The second-order valence-electron chi connectivity index (χ2n) is 5.85. The molecule has 0 radical (unpaired) electrons. The third kappa shape index (κ3) is 3.68. The van der Waals surface area contributed by atoms with E-state index in [1.165, 1.54) is 29.3 Å². The van der Waals surface area contributed by atoms with Gasteiger partial charge in [0.25, 0.3) is 5.91 Å². The minimum atomic E-state index is -3.62. The first kappa shape index (κ1) is 17.5. The SMILES string of the molecule is O=C(c1cncc(F)c1)N1CCC(c2ccccc2F)S(=O)(=O)CC1. The van der Waals surface area contributed by atoms with Gasteiger partial charge in [-0.1, -0.05) is 18.2 Å². The van der Waals surface area contributed by atoms with Crippen LogP contribution in [0.5, 0.6) is 0 Å². The van der Waals surface area contributed by atoms with Gasteiger partial charge in [-0.15, -0.1) is 0 Å². The lowest BCUT2D eigenvalue weighted by Crippen LogP contribution is -2.33. The van der Waals surface area contributed by atoms with E-state index < -0.39 is 32.6 Å². The molecule has 0 spiro atoms. The second kappa shape index (κ2) is 6.87. The Labute approximate surface area is 144 Å². The van der Waals surface area contributed by atoms with Gasteiger partial charge in [-0.05, 0) is 18.6 Å². The summed E-state index contributed by atoms with van der Waals surface area (Å²) >= 11 is 0. The molecule has 1 aromatic heterocycles. The number of rotatable bonds is 2. The lowest BCUT2D eigenvalue weighted by Gasteiger charge is -2.20. The van der Waals surface area contributed by atoms with E-state index in [1.54, 1.807) is 6.07 Å². The van der Waals surface area contributed by atoms with E-state index in [0.717, 1.165) is 12.3 Å². The fourth-order valence-electron chi connectivity index (χ4n) is 2.94. The van der Waals surface area contributed by atoms with Crippen LogP contribution in [0.15, 0.2) is 42.7 Å². The molecule has 1 unspecified atom stereocenters. The lowest BCUT2D eigenvalue weighted by molar-refractivity contribution is 0.0765. The molecule has 0 saturated carbocycles. The third-order valence-corrected chi connectivity index (χ3v) is 6.34. The number of nitrogens with zero attached hydrogens (tertiary/aromatic N) is 2. The summed E-state index contributed by atoms with van der Waals surface area (Å²) < 4.78 is 52.3. The molecule has 1 saturated heterocycles. The highest BCUT2D eigenvalue weighted by Gasteiger charge is 2.34. The molecule has 2 aromatic rings. The van der Waals surface area contributed by atoms with E-state index in [2.05, 4.69) is 4.98 Å². The van der Waals surface area contributed by atoms with Crippen LogP contribution in [-0.2, 0) is 9.84 Å². The van der Waals surface area contributed by atoms with Crippen LogP contribution in [0.3, 0.4) is 0 Å². The topological polar surface area (TPSA) is 67.3 Å². The van der Waals surface area contributed by atoms with Crippen LogP contribution in [0, 0.1) is 11.6 Å². The second-order valence-corrected chi connectivity index (χ2v) is 8.15. The van der Waals surface area contributed by atoms with Crippen molar-refractivity contribution in [2.24, 2.45) is 0 Å². The molecule has 1 aliphatic heterocycles. The lowest BCUT2D eigenvalue weighted by atomic mass is 10.1. The number of hydrogen-bond donors (Lipinski definition) is 0. The van der Waals surface area contributed by atoms with Gasteiger partial charge in [0, 0.05) is 24.8 Å². The van der Waals surface area contributed by atoms with Gasteiger partial charge < -0.3 is 4.90 Å². The summed E-state index contributed by atoms with van der Waals surface area (Å²) in [6.07, 6.45) is 2.30. The number of carbonyl (C=O) groups excluding carboxylic acids is 1. The Morgan fingerprint density at radius 2 is 1.92 bits per heavy atom. The Balaban J connectivity index is 1.85. The monoisotopic (exact) mass is 366 g/mol. The number of pyridine rings is 1. The van der Waals surface area contributed by atoms with Crippen molar-refractivity contribution in [3.63, 3.8) is 0 Å². The van der Waals surface area contributed by atoms with Gasteiger partial charge in [0.2, 0.25) is 0 Å². The van der Waals surface area contributed by atoms with Crippen molar-refractivity contribution in [3.8, 4) is 0 Å². The Kier molecular flexibility index (Phi) is 4.80. The normalized spacial score (nSPS) is 20.1. The first-order chi connectivity index (χ1) is 11.9. The first-order valence-electron chi connectivity index (χ1n) is 7.74. The Morgan fingerprint density at radius 3 is 2.64 bits per heavy atom. The molecule has 8 heteroatoms. The van der Waals surface area contributed by atoms with Gasteiger partial charge in [0.1, 0.15) is 11.6 Å². The molecule has 0 N–H and O–H groups in total. The summed E-state index contributed by atoms with van der Waals surface area (Å²) in [7, 11) is -3.62. The Morgan fingerprint density at radius 1 is 1.16 bits per heavy atom. The van der Waals surface area contributed by atoms with Crippen LogP contribution in [0.25, 0.3) is 0 Å². The number of benzene rings is 1. The number of carbonyl (C=O) groups is 1. The zero-order valence-corrected chi connectivity index (χ0v) is 14.0. The zero-order chi connectivity index (χ0) is 18.0. The number of sulfone groups is 1. The Hall–Kier alpha value is -2.35. The molecule has 0 bridgehead atoms. The predicted octanol–water partition coefficient (Wildman–Crippen LogP) is 2.36. The molecular formula is C17H16F2N2O3S. The van der Waals surface area contributed by atoms with E-state index in [0.29, 0.717) is 0 Å². The summed E-state index contributed by atoms with van der Waals surface area (Å²) in [4.78, 5) is 17.5. The van der Waals surface area contributed by atoms with Crippen LogP contribution in [0.2, 0.25) is 0 Å². The van der Waals surface area contributed by atoms with Crippen molar-refractivity contribution < 1.29 is 22.0 Å². The smallest absolute Gasteiger partial charge is 0.255 e. The highest BCUT2D eigenvalue weighted by Crippen LogP contribution is 2.31. The molecule has 1 fully saturated rings. The third-order valence-electron chi connectivity index (χ3n) is 4.23. The highest BCUT2D eigenvalue weighted by atomic mass is 32.2. The molecule has 1 atom stereocenters. The maximum Gasteiger partial charge on any atom is 0.255 e. The fourth-order valence-corrected chi connectivity index (χ4v) is 4.75. The van der Waals surface area contributed by atoms with E-state index >= 15 is 0 Å². The molecule has 3 rings (SSSR count).